The largest absolute Gasteiger partial charge is 0.369 e. The highest BCUT2D eigenvalue weighted by Gasteiger charge is 2.31. The Morgan fingerprint density at radius 3 is 2.63 bits per heavy atom. The fraction of sp³-hybridized carbons (Fsp3) is 0.333. The molecule has 0 amide bonds. The van der Waals surface area contributed by atoms with Gasteiger partial charge in [0, 0.05) is 29.6 Å². The number of rotatable bonds is 0. The van der Waals surface area contributed by atoms with Gasteiger partial charge < -0.3 is 10.2 Å². The van der Waals surface area contributed by atoms with Crippen LogP contribution in [0.4, 0.5) is 0 Å². The van der Waals surface area contributed by atoms with Crippen LogP contribution in [-0.4, -0.2) is 24.0 Å². The standard InChI is InChI=1S/C15H14N4/c16-8-13(9-17)11-3-5-12(6-4-11)15-18-10-14-2-1-7-19(14)15/h3-6,14,18H,1-2,7,10H2/t14-/m1/s1. The average molecular weight is 250 g/mol. The summed E-state index contributed by atoms with van der Waals surface area (Å²) in [5, 5.41) is 23.0. The monoisotopic (exact) mass is 250 g/mol. The predicted octanol–water partition coefficient (Wildman–Crippen LogP) is 0.0178. The maximum atomic E-state index is 8.85. The molecule has 4 heteroatoms. The summed E-state index contributed by atoms with van der Waals surface area (Å²) in [6.07, 6.45) is 2.52. The van der Waals surface area contributed by atoms with Crippen molar-refractivity contribution < 1.29 is 0 Å². The van der Waals surface area contributed by atoms with Gasteiger partial charge in [-0.2, -0.15) is 10.5 Å². The summed E-state index contributed by atoms with van der Waals surface area (Å²) in [5.74, 6) is 1.18. The van der Waals surface area contributed by atoms with Crippen molar-refractivity contribution in [2.75, 3.05) is 13.1 Å². The van der Waals surface area contributed by atoms with Crippen LogP contribution in [0.3, 0.4) is 0 Å². The molecule has 0 saturated carbocycles. The van der Waals surface area contributed by atoms with Gasteiger partial charge in [0.05, 0.1) is 0 Å². The highest BCUT2D eigenvalue weighted by molar-refractivity contribution is 5.72. The summed E-state index contributed by atoms with van der Waals surface area (Å²) in [6, 6.07) is 12.1. The van der Waals surface area contributed by atoms with Crippen LogP contribution in [-0.2, 0) is 0 Å². The molecule has 0 bridgehead atoms. The minimum atomic E-state index is 0.162. The van der Waals surface area contributed by atoms with Crippen molar-refractivity contribution in [2.45, 2.75) is 18.9 Å². The lowest BCUT2D eigenvalue weighted by molar-refractivity contribution is 0.419. The van der Waals surface area contributed by atoms with E-state index in [-0.39, 0.29) is 5.57 Å². The first kappa shape index (κ1) is 11.6. The van der Waals surface area contributed by atoms with Gasteiger partial charge in [-0.15, -0.1) is 0 Å². The molecule has 0 aliphatic carbocycles. The summed E-state index contributed by atoms with van der Waals surface area (Å²) in [6.45, 7) is 2.13. The molecule has 0 spiro atoms. The highest BCUT2D eigenvalue weighted by atomic mass is 15.3. The average Bonchev–Trinajstić information content (AvgIpc) is 3.04. The Morgan fingerprint density at radius 2 is 1.95 bits per heavy atom. The smallest absolute Gasteiger partial charge is 0.136 e. The van der Waals surface area contributed by atoms with E-state index >= 15 is 0 Å². The van der Waals surface area contributed by atoms with Crippen molar-refractivity contribution in [1.29, 1.82) is 10.5 Å². The van der Waals surface area contributed by atoms with E-state index in [9.17, 15) is 0 Å². The Morgan fingerprint density at radius 1 is 1.21 bits per heavy atom. The Labute approximate surface area is 111 Å². The van der Waals surface area contributed by atoms with Gasteiger partial charge in [-0.25, -0.2) is 0 Å². The molecule has 2 aliphatic rings. The van der Waals surface area contributed by atoms with Crippen LogP contribution in [0.25, 0.3) is 11.4 Å². The summed E-state index contributed by atoms with van der Waals surface area (Å²) in [5.41, 5.74) is 0.162. The molecule has 1 aromatic carbocycles. The zero-order valence-corrected chi connectivity index (χ0v) is 10.6. The van der Waals surface area contributed by atoms with Crippen LogP contribution < -0.4 is 15.8 Å². The van der Waals surface area contributed by atoms with Crippen molar-refractivity contribution >= 4 is 11.4 Å². The molecule has 0 unspecified atom stereocenters. The van der Waals surface area contributed by atoms with E-state index in [1.165, 1.54) is 18.7 Å². The van der Waals surface area contributed by atoms with Gasteiger partial charge in [0.15, 0.2) is 0 Å². The maximum Gasteiger partial charge on any atom is 0.136 e. The van der Waals surface area contributed by atoms with E-state index in [1.54, 1.807) is 0 Å². The van der Waals surface area contributed by atoms with Gasteiger partial charge in [0.2, 0.25) is 0 Å². The lowest BCUT2D eigenvalue weighted by Crippen LogP contribution is -2.27. The molecule has 19 heavy (non-hydrogen) atoms. The van der Waals surface area contributed by atoms with Crippen molar-refractivity contribution in [3.63, 3.8) is 0 Å². The SMILES string of the molecule is N#CC(C#N)=c1ccc(=C2NC[C@H]3CCCN23)cc1. The number of nitrogens with zero attached hydrogens (tertiary/aromatic N) is 3. The number of hydrogen-bond donors (Lipinski definition) is 1. The van der Waals surface area contributed by atoms with Gasteiger partial charge in [0.25, 0.3) is 0 Å². The predicted molar refractivity (Wildman–Crippen MR) is 71.5 cm³/mol. The fourth-order valence-electron chi connectivity index (χ4n) is 2.88. The van der Waals surface area contributed by atoms with E-state index < -0.39 is 0 Å². The van der Waals surface area contributed by atoms with E-state index in [2.05, 4.69) is 10.2 Å². The molecule has 2 saturated heterocycles. The van der Waals surface area contributed by atoms with Crippen LogP contribution in [0.2, 0.25) is 0 Å². The van der Waals surface area contributed by atoms with Crippen molar-refractivity contribution in [3.05, 3.63) is 34.7 Å². The zero-order chi connectivity index (χ0) is 13.2. The minimum absolute atomic E-state index is 0.162. The first-order valence-electron chi connectivity index (χ1n) is 6.49. The molecule has 4 nitrogen and oxygen atoms in total. The molecule has 0 radical (unpaired) electrons. The number of hydrogen-bond acceptors (Lipinski definition) is 4. The molecule has 2 fully saturated rings. The first-order valence-corrected chi connectivity index (χ1v) is 6.49. The molecule has 0 aromatic heterocycles. The molecule has 1 atom stereocenters. The van der Waals surface area contributed by atoms with E-state index in [4.69, 9.17) is 10.5 Å². The number of nitriles is 2. The van der Waals surface area contributed by atoms with Crippen LogP contribution >= 0.6 is 0 Å². The molecule has 3 rings (SSSR count). The third-order valence-corrected chi connectivity index (χ3v) is 3.84. The van der Waals surface area contributed by atoms with Gasteiger partial charge in [0.1, 0.15) is 23.5 Å². The van der Waals surface area contributed by atoms with Crippen LogP contribution in [0.5, 0.6) is 0 Å². The van der Waals surface area contributed by atoms with Crippen LogP contribution in [0.15, 0.2) is 24.3 Å². The summed E-state index contributed by atoms with van der Waals surface area (Å²) in [4.78, 5) is 2.42. The Kier molecular flexibility index (Phi) is 2.85. The molecular formula is C15H14N4. The lowest BCUT2D eigenvalue weighted by atomic mass is 10.2. The molecule has 94 valence electrons. The third-order valence-electron chi connectivity index (χ3n) is 3.84. The Hall–Kier alpha value is -2.46. The normalized spacial score (nSPS) is 20.4. The quantitative estimate of drug-likeness (QED) is 0.705. The lowest BCUT2D eigenvalue weighted by Gasteiger charge is -2.17. The maximum absolute atomic E-state index is 8.85. The van der Waals surface area contributed by atoms with Crippen molar-refractivity contribution in [1.82, 2.24) is 10.2 Å². The Bertz CT molecular complexity index is 666. The molecule has 1 aromatic rings. The number of benzene rings is 1. The molecule has 2 heterocycles. The summed E-state index contributed by atoms with van der Waals surface area (Å²) < 4.78 is 0. The molecule has 2 aliphatic heterocycles. The second kappa shape index (κ2) is 4.66. The van der Waals surface area contributed by atoms with Crippen molar-refractivity contribution in [2.24, 2.45) is 0 Å². The van der Waals surface area contributed by atoms with Gasteiger partial charge >= 0.3 is 0 Å². The van der Waals surface area contributed by atoms with Gasteiger partial charge in [-0.3, -0.25) is 0 Å². The highest BCUT2D eigenvalue weighted by Crippen LogP contribution is 2.25. The zero-order valence-electron chi connectivity index (χ0n) is 10.6. The van der Waals surface area contributed by atoms with E-state index in [0.29, 0.717) is 11.3 Å². The third kappa shape index (κ3) is 1.92. The van der Waals surface area contributed by atoms with Gasteiger partial charge in [-0.1, -0.05) is 24.3 Å². The minimum Gasteiger partial charge on any atom is -0.369 e. The van der Waals surface area contributed by atoms with E-state index in [0.717, 1.165) is 18.3 Å². The van der Waals surface area contributed by atoms with Crippen LogP contribution in [0.1, 0.15) is 12.8 Å². The van der Waals surface area contributed by atoms with Gasteiger partial charge in [-0.05, 0) is 12.8 Å². The first-order chi connectivity index (χ1) is 9.33. The second-order valence-electron chi connectivity index (χ2n) is 4.89. The summed E-state index contributed by atoms with van der Waals surface area (Å²) in [7, 11) is 0. The number of nitrogens with one attached hydrogen (secondary N) is 1. The Balaban J connectivity index is 2.07. The molecule has 1 N–H and O–H groups in total. The fourth-order valence-corrected chi connectivity index (χ4v) is 2.88. The van der Waals surface area contributed by atoms with E-state index in [1.807, 2.05) is 36.4 Å². The number of fused-ring (bicyclic) bond motifs is 1. The van der Waals surface area contributed by atoms with Crippen molar-refractivity contribution in [3.8, 4) is 12.1 Å². The molecular weight excluding hydrogens is 236 g/mol. The topological polar surface area (TPSA) is 62.9 Å². The summed E-state index contributed by atoms with van der Waals surface area (Å²) >= 11 is 0. The van der Waals surface area contributed by atoms with Crippen LogP contribution in [0, 0.1) is 22.7 Å². The second-order valence-corrected chi connectivity index (χ2v) is 4.89.